The second-order valence-corrected chi connectivity index (χ2v) is 6.06. The summed E-state index contributed by atoms with van der Waals surface area (Å²) >= 11 is 0. The first-order valence-electron chi connectivity index (χ1n) is 8.12. The number of amides is 3. The van der Waals surface area contributed by atoms with Gasteiger partial charge in [0.1, 0.15) is 0 Å². The normalized spacial score (nSPS) is 13.2. The van der Waals surface area contributed by atoms with Gasteiger partial charge in [-0.2, -0.15) is 0 Å². The minimum Gasteiger partial charge on any atom is -0.349 e. The first-order valence-corrected chi connectivity index (χ1v) is 8.12. The van der Waals surface area contributed by atoms with E-state index in [-0.39, 0.29) is 11.9 Å². The smallest absolute Gasteiger partial charge is 0.319 e. The third-order valence-corrected chi connectivity index (χ3v) is 4.02. The molecule has 0 bridgehead atoms. The number of carbonyl (C=O) groups is 2. The molecule has 0 radical (unpaired) electrons. The molecule has 1 saturated carbocycles. The molecule has 1 aliphatic carbocycles. The molecule has 0 aromatic heterocycles. The van der Waals surface area contributed by atoms with E-state index < -0.39 is 0 Å². The Balaban J connectivity index is 1.50. The van der Waals surface area contributed by atoms with E-state index in [0.717, 1.165) is 24.0 Å². The fourth-order valence-corrected chi connectivity index (χ4v) is 2.36. The number of carbonyl (C=O) groups excluding carboxylic acids is 2. The van der Waals surface area contributed by atoms with Crippen LogP contribution in [0, 0.1) is 6.92 Å². The van der Waals surface area contributed by atoms with Gasteiger partial charge in [-0.15, -0.1) is 0 Å². The molecule has 0 saturated heterocycles. The van der Waals surface area contributed by atoms with Gasteiger partial charge in [0, 0.05) is 23.8 Å². The minimum atomic E-state index is -0.270. The quantitative estimate of drug-likeness (QED) is 0.791. The zero-order valence-corrected chi connectivity index (χ0v) is 13.6. The molecule has 1 aliphatic rings. The van der Waals surface area contributed by atoms with Gasteiger partial charge in [0.15, 0.2) is 0 Å². The van der Waals surface area contributed by atoms with E-state index in [4.69, 9.17) is 0 Å². The molecule has 3 N–H and O–H groups in total. The number of hydrogen-bond donors (Lipinski definition) is 3. The van der Waals surface area contributed by atoms with Crippen LogP contribution in [0.4, 0.5) is 10.5 Å². The van der Waals surface area contributed by atoms with Gasteiger partial charge in [0.25, 0.3) is 5.91 Å². The van der Waals surface area contributed by atoms with Gasteiger partial charge in [-0.1, -0.05) is 24.3 Å². The van der Waals surface area contributed by atoms with Gasteiger partial charge in [0.05, 0.1) is 0 Å². The maximum Gasteiger partial charge on any atom is 0.319 e. The average Bonchev–Trinajstić information content (AvgIpc) is 3.39. The Kier molecular flexibility index (Phi) is 4.79. The van der Waals surface area contributed by atoms with Crippen LogP contribution < -0.4 is 16.0 Å². The highest BCUT2D eigenvalue weighted by Crippen LogP contribution is 2.19. The summed E-state index contributed by atoms with van der Waals surface area (Å²) in [4.78, 5) is 23.9. The number of urea groups is 1. The maximum atomic E-state index is 12.0. The van der Waals surface area contributed by atoms with Crippen LogP contribution >= 0.6 is 0 Å². The summed E-state index contributed by atoms with van der Waals surface area (Å²) in [6.45, 7) is 2.49. The zero-order chi connectivity index (χ0) is 16.9. The number of benzene rings is 2. The van der Waals surface area contributed by atoms with Crippen molar-refractivity contribution in [1.29, 1.82) is 0 Å². The summed E-state index contributed by atoms with van der Waals surface area (Å²) in [5, 5.41) is 8.54. The van der Waals surface area contributed by atoms with E-state index in [1.165, 1.54) is 0 Å². The first kappa shape index (κ1) is 16.1. The lowest BCUT2D eigenvalue weighted by Gasteiger charge is -2.10. The molecule has 2 aromatic rings. The van der Waals surface area contributed by atoms with E-state index in [0.29, 0.717) is 23.8 Å². The lowest BCUT2D eigenvalue weighted by atomic mass is 10.1. The third kappa shape index (κ3) is 4.35. The SMILES string of the molecule is Cc1ccccc1CNC(=O)Nc1ccc(C(=O)NC2CC2)cc1. The molecule has 0 aliphatic heterocycles. The molecule has 24 heavy (non-hydrogen) atoms. The van der Waals surface area contributed by atoms with Crippen molar-refractivity contribution in [3.63, 3.8) is 0 Å². The molecule has 0 spiro atoms. The Bertz CT molecular complexity index is 737. The molecular weight excluding hydrogens is 302 g/mol. The minimum absolute atomic E-state index is 0.0620. The Labute approximate surface area is 141 Å². The molecule has 124 valence electrons. The second-order valence-electron chi connectivity index (χ2n) is 6.06. The zero-order valence-electron chi connectivity index (χ0n) is 13.6. The van der Waals surface area contributed by atoms with E-state index in [2.05, 4.69) is 16.0 Å². The van der Waals surface area contributed by atoms with Crippen molar-refractivity contribution < 1.29 is 9.59 Å². The number of aryl methyl sites for hydroxylation is 1. The van der Waals surface area contributed by atoms with Crippen molar-refractivity contribution in [2.45, 2.75) is 32.4 Å². The summed E-state index contributed by atoms with van der Waals surface area (Å²) in [6.07, 6.45) is 2.12. The maximum absolute atomic E-state index is 12.0. The highest BCUT2D eigenvalue weighted by Gasteiger charge is 2.23. The predicted molar refractivity (Wildman–Crippen MR) is 94.0 cm³/mol. The average molecular weight is 323 g/mol. The Morgan fingerprint density at radius 1 is 1.04 bits per heavy atom. The van der Waals surface area contributed by atoms with Crippen LogP contribution in [0.2, 0.25) is 0 Å². The van der Waals surface area contributed by atoms with Gasteiger partial charge >= 0.3 is 6.03 Å². The van der Waals surface area contributed by atoms with Gasteiger partial charge in [-0.3, -0.25) is 4.79 Å². The molecule has 0 atom stereocenters. The fourth-order valence-electron chi connectivity index (χ4n) is 2.36. The van der Waals surface area contributed by atoms with Crippen molar-refractivity contribution in [3.8, 4) is 0 Å². The van der Waals surface area contributed by atoms with E-state index >= 15 is 0 Å². The van der Waals surface area contributed by atoms with Crippen LogP contribution in [0.1, 0.15) is 34.3 Å². The fraction of sp³-hybridized carbons (Fsp3) is 0.263. The van der Waals surface area contributed by atoms with E-state index in [1.54, 1.807) is 24.3 Å². The van der Waals surface area contributed by atoms with Crippen LogP contribution in [-0.4, -0.2) is 18.0 Å². The number of anilines is 1. The lowest BCUT2D eigenvalue weighted by molar-refractivity contribution is 0.0951. The highest BCUT2D eigenvalue weighted by molar-refractivity contribution is 5.95. The van der Waals surface area contributed by atoms with Crippen molar-refractivity contribution in [1.82, 2.24) is 10.6 Å². The molecule has 5 nitrogen and oxygen atoms in total. The Morgan fingerprint density at radius 2 is 1.75 bits per heavy atom. The van der Waals surface area contributed by atoms with Crippen LogP contribution in [0.3, 0.4) is 0 Å². The largest absolute Gasteiger partial charge is 0.349 e. The molecule has 0 unspecified atom stereocenters. The predicted octanol–water partition coefficient (Wildman–Crippen LogP) is 3.21. The molecule has 3 rings (SSSR count). The molecule has 5 heteroatoms. The highest BCUT2D eigenvalue weighted by atomic mass is 16.2. The van der Waals surface area contributed by atoms with Crippen molar-refractivity contribution in [2.75, 3.05) is 5.32 Å². The molecule has 1 fully saturated rings. The van der Waals surface area contributed by atoms with Crippen molar-refractivity contribution in [2.24, 2.45) is 0 Å². The van der Waals surface area contributed by atoms with Crippen LogP contribution in [0.5, 0.6) is 0 Å². The molecule has 2 aromatic carbocycles. The van der Waals surface area contributed by atoms with Crippen LogP contribution in [0.25, 0.3) is 0 Å². The van der Waals surface area contributed by atoms with E-state index in [1.807, 2.05) is 31.2 Å². The van der Waals surface area contributed by atoms with E-state index in [9.17, 15) is 9.59 Å². The number of hydrogen-bond acceptors (Lipinski definition) is 2. The van der Waals surface area contributed by atoms with Gasteiger partial charge in [-0.05, 0) is 55.2 Å². The lowest BCUT2D eigenvalue weighted by Crippen LogP contribution is -2.28. The number of rotatable bonds is 5. The van der Waals surface area contributed by atoms with Crippen LogP contribution in [-0.2, 0) is 6.54 Å². The summed E-state index contributed by atoms with van der Waals surface area (Å²) in [7, 11) is 0. The first-order chi connectivity index (χ1) is 11.6. The summed E-state index contributed by atoms with van der Waals surface area (Å²) in [5.74, 6) is -0.0620. The standard InChI is InChI=1S/C19H21N3O2/c1-13-4-2-3-5-15(13)12-20-19(24)22-17-8-6-14(7-9-17)18(23)21-16-10-11-16/h2-9,16H,10-12H2,1H3,(H,21,23)(H2,20,22,24). The van der Waals surface area contributed by atoms with Gasteiger partial charge in [0.2, 0.25) is 0 Å². The summed E-state index contributed by atoms with van der Waals surface area (Å²) in [5.41, 5.74) is 3.48. The third-order valence-electron chi connectivity index (χ3n) is 4.02. The van der Waals surface area contributed by atoms with Crippen molar-refractivity contribution >= 4 is 17.6 Å². The number of nitrogens with one attached hydrogen (secondary N) is 3. The Morgan fingerprint density at radius 3 is 2.42 bits per heavy atom. The van der Waals surface area contributed by atoms with Gasteiger partial charge in [-0.25, -0.2) is 4.79 Å². The summed E-state index contributed by atoms with van der Waals surface area (Å²) in [6, 6.07) is 14.9. The Hall–Kier alpha value is -2.82. The monoisotopic (exact) mass is 323 g/mol. The van der Waals surface area contributed by atoms with Gasteiger partial charge < -0.3 is 16.0 Å². The second kappa shape index (κ2) is 7.17. The molecule has 3 amide bonds. The van der Waals surface area contributed by atoms with Crippen LogP contribution in [0.15, 0.2) is 48.5 Å². The topological polar surface area (TPSA) is 70.2 Å². The summed E-state index contributed by atoms with van der Waals surface area (Å²) < 4.78 is 0. The molecule has 0 heterocycles. The molecular formula is C19H21N3O2. The van der Waals surface area contributed by atoms with Crippen molar-refractivity contribution in [3.05, 3.63) is 65.2 Å².